The second-order valence-electron chi connectivity index (χ2n) is 8.63. The monoisotopic (exact) mass is 488 g/mol. The number of nitro groups is 1. The Balaban J connectivity index is 1.61. The molecule has 2 amide bonds. The van der Waals surface area contributed by atoms with Crippen molar-refractivity contribution in [1.82, 2.24) is 0 Å². The number of amides is 2. The Bertz CT molecular complexity index is 1320. The Morgan fingerprint density at radius 2 is 1.53 bits per heavy atom. The fourth-order valence-electron chi connectivity index (χ4n) is 5.89. The summed E-state index contributed by atoms with van der Waals surface area (Å²) in [7, 11) is 0. The van der Waals surface area contributed by atoms with Gasteiger partial charge in [0, 0.05) is 12.0 Å². The molecule has 0 saturated carbocycles. The van der Waals surface area contributed by atoms with Crippen LogP contribution in [-0.4, -0.2) is 16.7 Å². The van der Waals surface area contributed by atoms with Crippen molar-refractivity contribution in [3.8, 4) is 0 Å². The first-order chi connectivity index (χ1) is 15.4. The minimum atomic E-state index is -0.874. The van der Waals surface area contributed by atoms with Gasteiger partial charge >= 0.3 is 0 Å². The minimum Gasteiger partial charge on any atom is -0.274 e. The summed E-state index contributed by atoms with van der Waals surface area (Å²) in [5.74, 6) is -2.39. The Morgan fingerprint density at radius 1 is 0.938 bits per heavy atom. The first-order valence-electron chi connectivity index (χ1n) is 10.4. The summed E-state index contributed by atoms with van der Waals surface area (Å²) in [6.07, 6.45) is 0. The highest BCUT2D eigenvalue weighted by atomic mass is 79.9. The van der Waals surface area contributed by atoms with Gasteiger partial charge in [-0.2, -0.15) is 0 Å². The van der Waals surface area contributed by atoms with E-state index in [9.17, 15) is 19.7 Å². The normalized spacial score (nSPS) is 27.2. The average molecular weight is 489 g/mol. The highest BCUT2D eigenvalue weighted by Gasteiger charge is 2.68. The molecule has 0 aromatic heterocycles. The van der Waals surface area contributed by atoms with Crippen molar-refractivity contribution < 1.29 is 14.5 Å². The molecule has 0 N–H and O–H groups in total. The van der Waals surface area contributed by atoms with Crippen molar-refractivity contribution in [1.29, 1.82) is 0 Å². The van der Waals surface area contributed by atoms with Crippen LogP contribution in [0.15, 0.2) is 66.7 Å². The van der Waals surface area contributed by atoms with Crippen molar-refractivity contribution >= 4 is 39.1 Å². The molecule has 0 radical (unpaired) electrons. The number of hydrogen-bond donors (Lipinski definition) is 0. The zero-order chi connectivity index (χ0) is 22.4. The largest absolute Gasteiger partial charge is 0.293 e. The van der Waals surface area contributed by atoms with Gasteiger partial charge in [0.15, 0.2) is 0 Å². The van der Waals surface area contributed by atoms with Gasteiger partial charge in [0.05, 0.1) is 21.1 Å². The average Bonchev–Trinajstić information content (AvgIpc) is 3.06. The van der Waals surface area contributed by atoms with E-state index in [-0.39, 0.29) is 23.2 Å². The van der Waals surface area contributed by atoms with Crippen molar-refractivity contribution in [3.05, 3.63) is 105 Å². The van der Waals surface area contributed by atoms with E-state index in [1.165, 1.54) is 12.1 Å². The quantitative estimate of drug-likeness (QED) is 0.224. The molecule has 1 aliphatic heterocycles. The number of benzene rings is 3. The molecule has 1 fully saturated rings. The number of carbonyl (C=O) groups excluding carboxylic acids is 2. The number of halogens is 1. The van der Waals surface area contributed by atoms with Crippen molar-refractivity contribution in [3.63, 3.8) is 0 Å². The number of anilines is 1. The summed E-state index contributed by atoms with van der Waals surface area (Å²) in [6.45, 7) is 1.74. The third-order valence-electron chi connectivity index (χ3n) is 7.08. The van der Waals surface area contributed by atoms with E-state index >= 15 is 0 Å². The third kappa shape index (κ3) is 2.19. The summed E-state index contributed by atoms with van der Waals surface area (Å²) in [6, 6.07) is 20.4. The van der Waals surface area contributed by atoms with Crippen LogP contribution in [-0.2, 0) is 13.9 Å². The van der Waals surface area contributed by atoms with Gasteiger partial charge in [-0.1, -0.05) is 70.5 Å². The van der Waals surface area contributed by atoms with Gasteiger partial charge in [-0.05, 0) is 40.8 Å². The van der Waals surface area contributed by atoms with E-state index in [1.54, 1.807) is 13.0 Å². The summed E-state index contributed by atoms with van der Waals surface area (Å²) in [5.41, 5.74) is 4.48. The molecule has 1 saturated heterocycles. The number of rotatable bonds is 2. The van der Waals surface area contributed by atoms with Gasteiger partial charge in [-0.3, -0.25) is 19.7 Å². The summed E-state index contributed by atoms with van der Waals surface area (Å²) in [4.78, 5) is 40.0. The molecule has 0 spiro atoms. The van der Waals surface area contributed by atoms with Crippen molar-refractivity contribution in [2.75, 3.05) is 4.90 Å². The van der Waals surface area contributed by atoms with Crippen LogP contribution in [0.4, 0.5) is 11.4 Å². The van der Waals surface area contributed by atoms with Crippen LogP contribution in [0, 0.1) is 28.9 Å². The SMILES string of the molecule is Cc1ccc(N2C(=O)[C@@H]3C4c5ccccc5C(Br)(c5ccccc54)[C@@H]3C2=O)c([N+](=O)[O-])c1. The van der Waals surface area contributed by atoms with E-state index in [2.05, 4.69) is 15.9 Å². The van der Waals surface area contributed by atoms with Gasteiger partial charge in [0.2, 0.25) is 11.8 Å². The molecule has 4 aliphatic rings. The molecule has 32 heavy (non-hydrogen) atoms. The van der Waals surface area contributed by atoms with E-state index in [4.69, 9.17) is 0 Å². The topological polar surface area (TPSA) is 80.5 Å². The Hall–Kier alpha value is -3.32. The van der Waals surface area contributed by atoms with Crippen LogP contribution in [0.3, 0.4) is 0 Å². The molecule has 3 aromatic carbocycles. The van der Waals surface area contributed by atoms with Crippen LogP contribution in [0.2, 0.25) is 0 Å². The Labute approximate surface area is 192 Å². The molecule has 6 nitrogen and oxygen atoms in total. The highest BCUT2D eigenvalue weighted by molar-refractivity contribution is 9.09. The predicted octanol–water partition coefficient (Wildman–Crippen LogP) is 4.81. The lowest BCUT2D eigenvalue weighted by Gasteiger charge is -2.51. The summed E-state index contributed by atoms with van der Waals surface area (Å²) >= 11 is 3.93. The molecule has 7 rings (SSSR count). The number of carbonyl (C=O) groups is 2. The molecule has 3 aromatic rings. The number of nitrogens with zero attached hydrogens (tertiary/aromatic N) is 2. The molecule has 158 valence electrons. The maximum Gasteiger partial charge on any atom is 0.293 e. The first-order valence-corrected chi connectivity index (χ1v) is 11.2. The van der Waals surface area contributed by atoms with Crippen LogP contribution in [0.25, 0.3) is 0 Å². The minimum absolute atomic E-state index is 0.0358. The fourth-order valence-corrected chi connectivity index (χ4v) is 7.09. The molecule has 7 heteroatoms. The van der Waals surface area contributed by atoms with Crippen LogP contribution >= 0.6 is 15.9 Å². The van der Waals surface area contributed by atoms with E-state index < -0.39 is 27.0 Å². The Kier molecular flexibility index (Phi) is 3.85. The van der Waals surface area contributed by atoms with Gasteiger partial charge < -0.3 is 0 Å². The van der Waals surface area contributed by atoms with E-state index in [0.29, 0.717) is 5.56 Å². The van der Waals surface area contributed by atoms with Crippen LogP contribution < -0.4 is 4.90 Å². The summed E-state index contributed by atoms with van der Waals surface area (Å²) in [5, 5.41) is 11.8. The van der Waals surface area contributed by atoms with E-state index in [0.717, 1.165) is 27.2 Å². The zero-order valence-electron chi connectivity index (χ0n) is 17.0. The van der Waals surface area contributed by atoms with E-state index in [1.807, 2.05) is 48.5 Å². The lowest BCUT2D eigenvalue weighted by atomic mass is 9.55. The van der Waals surface area contributed by atoms with Crippen molar-refractivity contribution in [2.45, 2.75) is 17.2 Å². The lowest BCUT2D eigenvalue weighted by molar-refractivity contribution is -0.384. The standard InChI is InChI=1S/C25H17BrN2O4/c1-13-10-11-18(19(12-13)28(31)32)27-23(29)21-20-14-6-2-4-8-16(14)25(26,22(21)24(27)30)17-9-5-3-7-15(17)20/h2-12,20-22H,1H3/t20?,21-,22+,25?/m1/s1. The number of aryl methyl sites for hydroxylation is 1. The second kappa shape index (κ2) is 6.36. The van der Waals surface area contributed by atoms with Gasteiger partial charge in [-0.25, -0.2) is 4.90 Å². The summed E-state index contributed by atoms with van der Waals surface area (Å²) < 4.78 is -0.874. The molecule has 3 aliphatic carbocycles. The van der Waals surface area contributed by atoms with Crippen LogP contribution in [0.5, 0.6) is 0 Å². The van der Waals surface area contributed by atoms with Gasteiger partial charge in [0.25, 0.3) is 5.69 Å². The molecule has 1 heterocycles. The second-order valence-corrected chi connectivity index (χ2v) is 9.88. The van der Waals surface area contributed by atoms with Gasteiger partial charge in [0.1, 0.15) is 5.69 Å². The Morgan fingerprint density at radius 3 is 2.12 bits per heavy atom. The highest BCUT2D eigenvalue weighted by Crippen LogP contribution is 2.66. The third-order valence-corrected chi connectivity index (χ3v) is 8.43. The smallest absolute Gasteiger partial charge is 0.274 e. The predicted molar refractivity (Wildman–Crippen MR) is 122 cm³/mol. The molecular formula is C25H17BrN2O4. The van der Waals surface area contributed by atoms with Crippen LogP contribution in [0.1, 0.15) is 33.7 Å². The number of hydrogen-bond acceptors (Lipinski definition) is 4. The lowest BCUT2D eigenvalue weighted by Crippen LogP contribution is -2.50. The number of alkyl halides is 1. The molecule has 0 unspecified atom stereocenters. The number of nitro benzene ring substituents is 1. The molecule has 2 atom stereocenters. The van der Waals surface area contributed by atoms with Gasteiger partial charge in [-0.15, -0.1) is 0 Å². The number of imide groups is 1. The molecular weight excluding hydrogens is 472 g/mol. The fraction of sp³-hybridized carbons (Fsp3) is 0.200. The first kappa shape index (κ1) is 19.4. The van der Waals surface area contributed by atoms with Crippen molar-refractivity contribution in [2.24, 2.45) is 11.8 Å². The maximum absolute atomic E-state index is 13.9. The molecule has 2 bridgehead atoms. The zero-order valence-corrected chi connectivity index (χ0v) is 18.6. The maximum atomic E-state index is 13.9.